The first-order valence-corrected chi connectivity index (χ1v) is 16.7. The Kier molecular flexibility index (Phi) is 8.28. The van der Waals surface area contributed by atoms with Crippen LogP contribution in [-0.4, -0.2) is 70.2 Å². The zero-order valence-electron chi connectivity index (χ0n) is 25.0. The lowest BCUT2D eigenvalue weighted by Gasteiger charge is -2.37. The highest BCUT2D eigenvalue weighted by Gasteiger charge is 2.61. The maximum atomic E-state index is 14.9. The third-order valence-corrected chi connectivity index (χ3v) is 10.4. The lowest BCUT2D eigenvalue weighted by atomic mass is 9.85. The van der Waals surface area contributed by atoms with Gasteiger partial charge in [0.1, 0.15) is 16.4 Å². The van der Waals surface area contributed by atoms with Gasteiger partial charge < -0.3 is 24.0 Å². The number of para-hydroxylation sites is 2. The number of amides is 2. The van der Waals surface area contributed by atoms with Crippen molar-refractivity contribution >= 4 is 44.2 Å². The van der Waals surface area contributed by atoms with Crippen molar-refractivity contribution in [1.82, 2.24) is 9.88 Å². The quantitative estimate of drug-likeness (QED) is 0.268. The number of piperazine rings is 1. The van der Waals surface area contributed by atoms with Gasteiger partial charge in [-0.2, -0.15) is 9.57 Å². The molecular weight excluding hydrogens is 631 g/mol. The molecule has 3 aromatic carbocycles. The predicted octanol–water partition coefficient (Wildman–Crippen LogP) is 4.36. The molecule has 236 valence electrons. The van der Waals surface area contributed by atoms with Gasteiger partial charge in [0.25, 0.3) is 15.9 Å². The Morgan fingerprint density at radius 2 is 1.74 bits per heavy atom. The molecule has 0 bridgehead atoms. The predicted molar refractivity (Wildman–Crippen MR) is 170 cm³/mol. The molecule has 1 unspecified atom stereocenters. The highest BCUT2D eigenvalue weighted by Crippen LogP contribution is 2.52. The fraction of sp³-hybridized carbons (Fsp3) is 0.250. The topological polar surface area (TPSA) is 142 Å². The molecule has 2 amide bonds. The van der Waals surface area contributed by atoms with Crippen LogP contribution in [0, 0.1) is 11.3 Å². The molecule has 0 radical (unpaired) electrons. The highest BCUT2D eigenvalue weighted by atomic mass is 32.2. The number of fused-ring (bicyclic) bond motifs is 1. The second-order valence-corrected chi connectivity index (χ2v) is 13.0. The molecule has 0 spiro atoms. The summed E-state index contributed by atoms with van der Waals surface area (Å²) in [5.74, 6) is -0.831. The van der Waals surface area contributed by atoms with E-state index in [0.717, 1.165) is 5.13 Å². The smallest absolute Gasteiger partial charge is 0.411 e. The van der Waals surface area contributed by atoms with Crippen molar-refractivity contribution in [2.24, 2.45) is 0 Å². The van der Waals surface area contributed by atoms with Gasteiger partial charge in [0, 0.05) is 43.3 Å². The lowest BCUT2D eigenvalue weighted by Crippen LogP contribution is -2.53. The molecule has 6 rings (SSSR count). The molecule has 2 aliphatic rings. The molecule has 0 saturated carbocycles. The molecule has 46 heavy (non-hydrogen) atoms. The summed E-state index contributed by atoms with van der Waals surface area (Å²) < 4.78 is 46.9. The van der Waals surface area contributed by atoms with Gasteiger partial charge in [-0.15, -0.1) is 11.3 Å². The van der Waals surface area contributed by atoms with Gasteiger partial charge in [-0.1, -0.05) is 30.3 Å². The molecule has 2 aliphatic heterocycles. The Morgan fingerprint density at radius 3 is 2.41 bits per heavy atom. The van der Waals surface area contributed by atoms with E-state index in [-0.39, 0.29) is 58.5 Å². The Morgan fingerprint density at radius 1 is 1.02 bits per heavy atom. The van der Waals surface area contributed by atoms with Crippen LogP contribution in [0.4, 0.5) is 15.6 Å². The van der Waals surface area contributed by atoms with Gasteiger partial charge in [-0.05, 0) is 43.3 Å². The number of ether oxygens (including phenoxy) is 3. The van der Waals surface area contributed by atoms with Gasteiger partial charge in [0.15, 0.2) is 5.13 Å². The monoisotopic (exact) mass is 659 g/mol. The molecule has 1 aromatic heterocycles. The van der Waals surface area contributed by atoms with Crippen LogP contribution in [0.5, 0.6) is 11.5 Å². The maximum absolute atomic E-state index is 14.9. The summed E-state index contributed by atoms with van der Waals surface area (Å²) in [4.78, 5) is 36.6. The fourth-order valence-electron chi connectivity index (χ4n) is 5.70. The number of thiazole rings is 1. The lowest BCUT2D eigenvalue weighted by molar-refractivity contribution is -0.132. The van der Waals surface area contributed by atoms with Crippen LogP contribution in [0.2, 0.25) is 0 Å². The minimum Gasteiger partial charge on any atom is -0.495 e. The summed E-state index contributed by atoms with van der Waals surface area (Å²) in [6, 6.07) is 18.6. The van der Waals surface area contributed by atoms with Crippen LogP contribution in [-0.2, 0) is 25.2 Å². The van der Waals surface area contributed by atoms with Crippen LogP contribution in [0.15, 0.2) is 83.2 Å². The first-order chi connectivity index (χ1) is 22.3. The largest absolute Gasteiger partial charge is 0.495 e. The second-order valence-electron chi connectivity index (χ2n) is 10.3. The summed E-state index contributed by atoms with van der Waals surface area (Å²) in [6.07, 6.45) is 0.882. The van der Waals surface area contributed by atoms with Crippen molar-refractivity contribution in [2.75, 3.05) is 49.1 Å². The van der Waals surface area contributed by atoms with Crippen LogP contribution < -0.4 is 18.7 Å². The number of nitrogens with zero attached hydrogens (tertiary/aromatic N) is 5. The minimum absolute atomic E-state index is 0.0111. The molecular formula is C32H29N5O7S2. The normalized spacial score (nSPS) is 17.8. The van der Waals surface area contributed by atoms with E-state index in [9.17, 15) is 23.3 Å². The van der Waals surface area contributed by atoms with Crippen molar-refractivity contribution < 1.29 is 32.2 Å². The number of hydrogen-bond donors (Lipinski definition) is 0. The summed E-state index contributed by atoms with van der Waals surface area (Å²) in [5, 5.41) is 12.5. The van der Waals surface area contributed by atoms with Gasteiger partial charge >= 0.3 is 6.09 Å². The Hall–Kier alpha value is -5.13. The van der Waals surface area contributed by atoms with Crippen LogP contribution >= 0.6 is 11.3 Å². The standard InChI is InChI=1S/C32H29N5O7S2/c1-3-43-26-9-5-4-8-23(26)32(44-31(39)36-17-15-35(16-18-36)30-34-14-19-45-30)24-20-22(21-33)12-13-25(24)37(29(32)38)46(40,41)28-11-7-6-10-27(28)42-2/h4-14,19-20H,3,15-18H2,1-2H3. The third kappa shape index (κ3) is 5.07. The number of carbonyl (C=O) groups excluding carboxylic acids is 2. The molecule has 4 aromatic rings. The van der Waals surface area contributed by atoms with E-state index in [0.29, 0.717) is 17.4 Å². The summed E-state index contributed by atoms with van der Waals surface area (Å²) >= 11 is 1.49. The second kappa shape index (κ2) is 12.3. The van der Waals surface area contributed by atoms with Crippen LogP contribution in [0.25, 0.3) is 0 Å². The summed E-state index contributed by atoms with van der Waals surface area (Å²) in [7, 11) is -3.32. The Bertz CT molecular complexity index is 1940. The minimum atomic E-state index is -4.64. The van der Waals surface area contributed by atoms with E-state index < -0.39 is 27.6 Å². The number of nitriles is 1. The number of carbonyl (C=O) groups is 2. The Balaban J connectivity index is 1.51. The van der Waals surface area contributed by atoms with Crippen LogP contribution in [0.3, 0.4) is 0 Å². The van der Waals surface area contributed by atoms with Crippen molar-refractivity contribution in [3.8, 4) is 17.6 Å². The average molecular weight is 660 g/mol. The number of methoxy groups -OCH3 is 1. The average Bonchev–Trinajstić information content (AvgIpc) is 3.71. The molecule has 0 N–H and O–H groups in total. The number of hydrogen-bond acceptors (Lipinski definition) is 11. The number of anilines is 2. The molecule has 1 atom stereocenters. The van der Waals surface area contributed by atoms with E-state index in [1.165, 1.54) is 59.7 Å². The third-order valence-electron chi connectivity index (χ3n) is 7.83. The van der Waals surface area contributed by atoms with Crippen molar-refractivity contribution in [2.45, 2.75) is 17.4 Å². The van der Waals surface area contributed by atoms with Crippen molar-refractivity contribution in [3.05, 3.63) is 95.0 Å². The van der Waals surface area contributed by atoms with Gasteiger partial charge in [-0.3, -0.25) is 4.79 Å². The fourth-order valence-corrected chi connectivity index (χ4v) is 8.02. The zero-order valence-corrected chi connectivity index (χ0v) is 26.6. The maximum Gasteiger partial charge on any atom is 0.411 e. The number of sulfonamides is 1. The first-order valence-electron chi connectivity index (χ1n) is 14.4. The van der Waals surface area contributed by atoms with E-state index in [1.807, 2.05) is 16.3 Å². The molecule has 12 nitrogen and oxygen atoms in total. The zero-order chi connectivity index (χ0) is 32.5. The number of benzene rings is 3. The number of rotatable bonds is 8. The summed E-state index contributed by atoms with van der Waals surface area (Å²) in [6.45, 7) is 3.45. The molecule has 1 fully saturated rings. The molecule has 14 heteroatoms. The first kappa shape index (κ1) is 30.9. The van der Waals surface area contributed by atoms with Crippen LogP contribution in [0.1, 0.15) is 23.6 Å². The van der Waals surface area contributed by atoms with Crippen molar-refractivity contribution in [1.29, 1.82) is 5.26 Å². The summed E-state index contributed by atoms with van der Waals surface area (Å²) in [5.41, 5.74) is -2.13. The molecule has 1 saturated heterocycles. The SMILES string of the molecule is CCOc1ccccc1C1(OC(=O)N2CCN(c3nccs3)CC2)C(=O)N(S(=O)(=O)c2ccccc2OC)c2ccc(C#N)cc21. The van der Waals surface area contributed by atoms with E-state index in [2.05, 4.69) is 4.98 Å². The van der Waals surface area contributed by atoms with Gasteiger partial charge in [0.2, 0.25) is 5.60 Å². The molecule has 3 heterocycles. The van der Waals surface area contributed by atoms with Gasteiger partial charge in [0.05, 0.1) is 36.6 Å². The van der Waals surface area contributed by atoms with E-state index in [1.54, 1.807) is 43.5 Å². The Labute approximate surface area is 270 Å². The van der Waals surface area contributed by atoms with Gasteiger partial charge in [-0.25, -0.2) is 18.2 Å². The number of aromatic nitrogens is 1. The van der Waals surface area contributed by atoms with Crippen molar-refractivity contribution in [3.63, 3.8) is 0 Å². The van der Waals surface area contributed by atoms with E-state index in [4.69, 9.17) is 14.2 Å². The molecule has 0 aliphatic carbocycles. The highest BCUT2D eigenvalue weighted by molar-refractivity contribution is 7.93. The van der Waals surface area contributed by atoms with E-state index >= 15 is 0 Å².